The van der Waals surface area contributed by atoms with Crippen molar-refractivity contribution in [1.82, 2.24) is 4.90 Å². The predicted molar refractivity (Wildman–Crippen MR) is 132 cm³/mol. The zero-order valence-corrected chi connectivity index (χ0v) is 19.9. The highest BCUT2D eigenvalue weighted by molar-refractivity contribution is 8.18. The van der Waals surface area contributed by atoms with Crippen molar-refractivity contribution in [3.05, 3.63) is 99.7 Å². The van der Waals surface area contributed by atoms with Gasteiger partial charge in [-0.3, -0.25) is 14.5 Å². The summed E-state index contributed by atoms with van der Waals surface area (Å²) >= 11 is 0.784. The van der Waals surface area contributed by atoms with Gasteiger partial charge in [0, 0.05) is 5.56 Å². The molecule has 0 aliphatic carbocycles. The molecule has 0 aromatic heterocycles. The Labute approximate surface area is 206 Å². The van der Waals surface area contributed by atoms with Gasteiger partial charge in [-0.2, -0.15) is 0 Å². The van der Waals surface area contributed by atoms with E-state index in [4.69, 9.17) is 9.47 Å². The molecule has 0 saturated carbocycles. The van der Waals surface area contributed by atoms with E-state index in [1.165, 1.54) is 12.1 Å². The summed E-state index contributed by atoms with van der Waals surface area (Å²) in [5.41, 5.74) is 2.28. The molecule has 0 atom stereocenters. The van der Waals surface area contributed by atoms with Crippen LogP contribution in [0.5, 0.6) is 11.5 Å². The lowest BCUT2D eigenvalue weighted by atomic mass is 10.1. The average Bonchev–Trinajstić information content (AvgIpc) is 3.10. The van der Waals surface area contributed by atoms with Crippen molar-refractivity contribution in [2.75, 3.05) is 6.61 Å². The van der Waals surface area contributed by atoms with Gasteiger partial charge in [-0.25, -0.2) is 9.18 Å². The number of rotatable bonds is 7. The third-order valence-corrected chi connectivity index (χ3v) is 6.12. The smallest absolute Gasteiger partial charge is 0.343 e. The molecule has 2 amide bonds. The molecule has 0 bridgehead atoms. The molecule has 6 nitrogen and oxygen atoms in total. The molecular formula is C27H22FNO5S. The Morgan fingerprint density at radius 3 is 2.49 bits per heavy atom. The van der Waals surface area contributed by atoms with Crippen molar-refractivity contribution >= 4 is 35.0 Å². The number of carbonyl (C=O) groups excluding carboxylic acids is 3. The summed E-state index contributed by atoms with van der Waals surface area (Å²) in [7, 11) is 0. The van der Waals surface area contributed by atoms with E-state index in [0.29, 0.717) is 23.5 Å². The Morgan fingerprint density at radius 2 is 1.77 bits per heavy atom. The van der Waals surface area contributed by atoms with Crippen molar-refractivity contribution in [3.8, 4) is 11.5 Å². The molecule has 1 fully saturated rings. The number of carbonyl (C=O) groups is 3. The van der Waals surface area contributed by atoms with Gasteiger partial charge in [0.1, 0.15) is 5.82 Å². The van der Waals surface area contributed by atoms with E-state index in [1.807, 2.05) is 19.1 Å². The molecular weight excluding hydrogens is 469 g/mol. The number of thioether (sulfide) groups is 1. The van der Waals surface area contributed by atoms with E-state index < -0.39 is 22.9 Å². The number of amides is 2. The molecule has 3 aromatic carbocycles. The Balaban J connectivity index is 1.54. The molecule has 3 aromatic rings. The third-order valence-electron chi connectivity index (χ3n) is 5.22. The number of nitrogens with zero attached hydrogens (tertiary/aromatic N) is 1. The fraction of sp³-hybridized carbons (Fsp3) is 0.148. The molecule has 178 valence electrons. The van der Waals surface area contributed by atoms with Gasteiger partial charge in [0.15, 0.2) is 11.5 Å². The Hall–Kier alpha value is -3.91. The summed E-state index contributed by atoms with van der Waals surface area (Å²) in [5.74, 6) is -0.939. The first-order valence-corrected chi connectivity index (χ1v) is 11.7. The van der Waals surface area contributed by atoms with Gasteiger partial charge in [-0.1, -0.05) is 42.0 Å². The number of hydrogen-bond donors (Lipinski definition) is 0. The average molecular weight is 492 g/mol. The van der Waals surface area contributed by atoms with Crippen molar-refractivity contribution in [2.24, 2.45) is 0 Å². The largest absolute Gasteiger partial charge is 0.490 e. The second-order valence-electron chi connectivity index (χ2n) is 7.75. The molecule has 4 rings (SSSR count). The zero-order valence-electron chi connectivity index (χ0n) is 19.1. The number of ether oxygens (including phenoxy) is 2. The lowest BCUT2D eigenvalue weighted by Gasteiger charge is -2.13. The first kappa shape index (κ1) is 24.2. The van der Waals surface area contributed by atoms with Crippen molar-refractivity contribution in [2.45, 2.75) is 20.4 Å². The van der Waals surface area contributed by atoms with Crippen LogP contribution in [-0.4, -0.2) is 28.6 Å². The fourth-order valence-corrected chi connectivity index (χ4v) is 4.24. The van der Waals surface area contributed by atoms with Gasteiger partial charge in [0.05, 0.1) is 23.6 Å². The molecule has 0 radical (unpaired) electrons. The van der Waals surface area contributed by atoms with Crippen LogP contribution in [0.2, 0.25) is 0 Å². The molecule has 35 heavy (non-hydrogen) atoms. The predicted octanol–water partition coefficient (Wildman–Crippen LogP) is 5.99. The Bertz CT molecular complexity index is 1320. The van der Waals surface area contributed by atoms with Crippen LogP contribution >= 0.6 is 11.8 Å². The quantitative estimate of drug-likeness (QED) is 0.230. The number of hydrogen-bond acceptors (Lipinski definition) is 6. The van der Waals surface area contributed by atoms with Crippen LogP contribution < -0.4 is 9.47 Å². The van der Waals surface area contributed by atoms with Crippen molar-refractivity contribution in [3.63, 3.8) is 0 Å². The summed E-state index contributed by atoms with van der Waals surface area (Å²) in [5, 5.41) is -0.474. The van der Waals surface area contributed by atoms with E-state index in [2.05, 4.69) is 0 Å². The highest BCUT2D eigenvalue weighted by atomic mass is 32.2. The summed E-state index contributed by atoms with van der Waals surface area (Å²) in [6.45, 7) is 3.91. The molecule has 0 unspecified atom stereocenters. The summed E-state index contributed by atoms with van der Waals surface area (Å²) in [6, 6.07) is 17.9. The molecule has 1 saturated heterocycles. The lowest BCUT2D eigenvalue weighted by molar-refractivity contribution is -0.123. The van der Waals surface area contributed by atoms with Gasteiger partial charge in [-0.05, 0) is 67.6 Å². The first-order valence-electron chi connectivity index (χ1n) is 10.9. The van der Waals surface area contributed by atoms with E-state index >= 15 is 0 Å². The number of imide groups is 1. The van der Waals surface area contributed by atoms with E-state index in [9.17, 15) is 18.8 Å². The number of esters is 1. The third kappa shape index (κ3) is 5.60. The van der Waals surface area contributed by atoms with Gasteiger partial charge in [0.25, 0.3) is 11.1 Å². The summed E-state index contributed by atoms with van der Waals surface area (Å²) in [6.07, 6.45) is 1.56. The first-order chi connectivity index (χ1) is 16.9. The maximum Gasteiger partial charge on any atom is 0.343 e. The molecule has 1 aliphatic heterocycles. The van der Waals surface area contributed by atoms with Crippen LogP contribution in [0, 0.1) is 12.7 Å². The molecule has 1 heterocycles. The highest BCUT2D eigenvalue weighted by Gasteiger charge is 2.35. The van der Waals surface area contributed by atoms with Gasteiger partial charge in [0.2, 0.25) is 0 Å². The minimum absolute atomic E-state index is 0.146. The monoisotopic (exact) mass is 491 g/mol. The molecule has 8 heteroatoms. The summed E-state index contributed by atoms with van der Waals surface area (Å²) < 4.78 is 25.2. The normalized spacial score (nSPS) is 14.5. The number of benzene rings is 3. The molecule has 1 aliphatic rings. The SMILES string of the molecule is CCOc1cc(/C=C2\SC(=O)N(Cc3ccccc3F)C2=O)ccc1OC(=O)c1ccc(C)cc1. The number of halogens is 1. The van der Waals surface area contributed by atoms with Crippen molar-refractivity contribution < 1.29 is 28.2 Å². The second-order valence-corrected chi connectivity index (χ2v) is 8.75. The van der Waals surface area contributed by atoms with Gasteiger partial charge >= 0.3 is 5.97 Å². The Morgan fingerprint density at radius 1 is 1.03 bits per heavy atom. The topological polar surface area (TPSA) is 72.9 Å². The lowest BCUT2D eigenvalue weighted by Crippen LogP contribution is -2.27. The van der Waals surface area contributed by atoms with Crippen LogP contribution in [-0.2, 0) is 11.3 Å². The standard InChI is InChI=1S/C27H22FNO5S/c1-3-33-23-14-18(10-13-22(23)34-26(31)19-11-8-17(2)9-12-19)15-24-25(30)29(27(32)35-24)16-20-6-4-5-7-21(20)28/h4-15H,3,16H2,1-2H3/b24-15-. The molecule has 0 N–H and O–H groups in total. The van der Waals surface area contributed by atoms with Gasteiger partial charge in [-0.15, -0.1) is 0 Å². The fourth-order valence-electron chi connectivity index (χ4n) is 3.40. The maximum absolute atomic E-state index is 14.0. The summed E-state index contributed by atoms with van der Waals surface area (Å²) in [4.78, 5) is 39.0. The van der Waals surface area contributed by atoms with Crippen molar-refractivity contribution in [1.29, 1.82) is 0 Å². The van der Waals surface area contributed by atoms with Gasteiger partial charge < -0.3 is 9.47 Å². The Kier molecular flexibility index (Phi) is 7.31. The minimum atomic E-state index is -0.520. The van der Waals surface area contributed by atoms with Crippen LogP contribution in [0.1, 0.15) is 34.0 Å². The van der Waals surface area contributed by atoms with Crippen LogP contribution in [0.25, 0.3) is 6.08 Å². The zero-order chi connectivity index (χ0) is 24.9. The van der Waals surface area contributed by atoms with Crippen LogP contribution in [0.3, 0.4) is 0 Å². The van der Waals surface area contributed by atoms with E-state index in [1.54, 1.807) is 55.5 Å². The minimum Gasteiger partial charge on any atom is -0.490 e. The molecule has 0 spiro atoms. The maximum atomic E-state index is 14.0. The second kappa shape index (κ2) is 10.6. The highest BCUT2D eigenvalue weighted by Crippen LogP contribution is 2.35. The van der Waals surface area contributed by atoms with E-state index in [0.717, 1.165) is 22.2 Å². The number of aryl methyl sites for hydroxylation is 1. The van der Waals surface area contributed by atoms with E-state index in [-0.39, 0.29) is 22.8 Å². The van der Waals surface area contributed by atoms with Crippen LogP contribution in [0.4, 0.5) is 9.18 Å². The van der Waals surface area contributed by atoms with Crippen LogP contribution in [0.15, 0.2) is 71.6 Å².